The van der Waals surface area contributed by atoms with Gasteiger partial charge in [0.25, 0.3) is 0 Å². The van der Waals surface area contributed by atoms with Crippen molar-refractivity contribution in [2.45, 2.75) is 31.7 Å². The fraction of sp³-hybridized carbons (Fsp3) is 0.375. The SMILES string of the molecule is CCn1ccnc1SCC(=O)NCCc1ccc(OC(F)F)cc1. The monoisotopic (exact) mass is 355 g/mol. The molecule has 0 aliphatic carbocycles. The van der Waals surface area contributed by atoms with Crippen LogP contribution in [0.3, 0.4) is 0 Å². The van der Waals surface area contributed by atoms with Crippen LogP contribution >= 0.6 is 11.8 Å². The predicted molar refractivity (Wildman–Crippen MR) is 88.4 cm³/mol. The number of rotatable bonds is 9. The third-order valence-corrected chi connectivity index (χ3v) is 4.24. The second kappa shape index (κ2) is 9.27. The Morgan fingerprint density at radius 2 is 2.12 bits per heavy atom. The molecule has 1 N–H and O–H groups in total. The Morgan fingerprint density at radius 1 is 1.38 bits per heavy atom. The maximum absolute atomic E-state index is 12.1. The number of aromatic nitrogens is 2. The minimum atomic E-state index is -2.82. The molecule has 0 spiro atoms. The average Bonchev–Trinajstić information content (AvgIpc) is 3.01. The number of halogens is 2. The first-order valence-corrected chi connectivity index (χ1v) is 8.51. The normalized spacial score (nSPS) is 10.8. The van der Waals surface area contributed by atoms with E-state index < -0.39 is 6.61 Å². The predicted octanol–water partition coefficient (Wildman–Crippen LogP) is 2.96. The second-order valence-corrected chi connectivity index (χ2v) is 5.85. The lowest BCUT2D eigenvalue weighted by molar-refractivity contribution is -0.118. The first kappa shape index (κ1) is 18.3. The summed E-state index contributed by atoms with van der Waals surface area (Å²) in [6, 6.07) is 6.39. The molecule has 5 nitrogen and oxygen atoms in total. The minimum Gasteiger partial charge on any atom is -0.435 e. The van der Waals surface area contributed by atoms with Crippen molar-refractivity contribution in [2.75, 3.05) is 12.3 Å². The van der Waals surface area contributed by atoms with E-state index >= 15 is 0 Å². The van der Waals surface area contributed by atoms with E-state index in [0.29, 0.717) is 18.7 Å². The van der Waals surface area contributed by atoms with Crippen molar-refractivity contribution in [3.8, 4) is 5.75 Å². The van der Waals surface area contributed by atoms with Crippen LogP contribution in [0.15, 0.2) is 41.8 Å². The molecule has 0 atom stereocenters. The van der Waals surface area contributed by atoms with Gasteiger partial charge in [-0.05, 0) is 31.0 Å². The first-order chi connectivity index (χ1) is 11.6. The molecular weight excluding hydrogens is 336 g/mol. The van der Waals surface area contributed by atoms with Crippen molar-refractivity contribution >= 4 is 17.7 Å². The summed E-state index contributed by atoms with van der Waals surface area (Å²) in [5, 5.41) is 3.65. The molecule has 2 aromatic rings. The molecule has 0 aliphatic rings. The molecule has 1 aromatic carbocycles. The summed E-state index contributed by atoms with van der Waals surface area (Å²) in [6.07, 6.45) is 4.21. The summed E-state index contributed by atoms with van der Waals surface area (Å²) < 4.78 is 30.4. The van der Waals surface area contributed by atoms with Crippen LogP contribution in [0.25, 0.3) is 0 Å². The molecule has 0 fully saturated rings. The molecule has 130 valence electrons. The number of carbonyl (C=O) groups is 1. The van der Waals surface area contributed by atoms with Crippen molar-refractivity contribution in [3.63, 3.8) is 0 Å². The van der Waals surface area contributed by atoms with Crippen LogP contribution in [0.4, 0.5) is 8.78 Å². The molecule has 0 aliphatic heterocycles. The minimum absolute atomic E-state index is 0.0664. The molecule has 0 radical (unpaired) electrons. The van der Waals surface area contributed by atoms with Gasteiger partial charge < -0.3 is 14.6 Å². The number of benzene rings is 1. The Kier molecular flexibility index (Phi) is 7.05. The number of nitrogens with zero attached hydrogens (tertiary/aromatic N) is 2. The summed E-state index contributed by atoms with van der Waals surface area (Å²) >= 11 is 1.39. The van der Waals surface area contributed by atoms with Gasteiger partial charge in [-0.1, -0.05) is 23.9 Å². The van der Waals surface area contributed by atoms with Crippen LogP contribution in [0.2, 0.25) is 0 Å². The number of hydrogen-bond acceptors (Lipinski definition) is 4. The van der Waals surface area contributed by atoms with Gasteiger partial charge in [-0.25, -0.2) is 4.98 Å². The van der Waals surface area contributed by atoms with E-state index in [1.807, 2.05) is 17.7 Å². The molecule has 0 bridgehead atoms. The lowest BCUT2D eigenvalue weighted by atomic mass is 10.1. The van der Waals surface area contributed by atoms with Gasteiger partial charge in [0.05, 0.1) is 5.75 Å². The van der Waals surface area contributed by atoms with E-state index in [-0.39, 0.29) is 11.7 Å². The van der Waals surface area contributed by atoms with Gasteiger partial charge >= 0.3 is 6.61 Å². The Hall–Kier alpha value is -2.09. The zero-order chi connectivity index (χ0) is 17.4. The third kappa shape index (κ3) is 5.84. The maximum atomic E-state index is 12.1. The highest BCUT2D eigenvalue weighted by atomic mass is 32.2. The summed E-state index contributed by atoms with van der Waals surface area (Å²) in [4.78, 5) is 16.0. The molecule has 1 heterocycles. The number of thioether (sulfide) groups is 1. The Bertz CT molecular complexity index is 647. The Labute approximate surface area is 143 Å². The Balaban J connectivity index is 1.68. The number of aryl methyl sites for hydroxylation is 1. The summed E-state index contributed by atoms with van der Waals surface area (Å²) in [5.74, 6) is 0.363. The van der Waals surface area contributed by atoms with Crippen molar-refractivity contribution in [1.29, 1.82) is 0 Å². The van der Waals surface area contributed by atoms with Crippen molar-refractivity contribution in [3.05, 3.63) is 42.2 Å². The van der Waals surface area contributed by atoms with Crippen LogP contribution in [0.1, 0.15) is 12.5 Å². The molecule has 1 amide bonds. The lowest BCUT2D eigenvalue weighted by Gasteiger charge is -2.07. The number of alkyl halides is 2. The quantitative estimate of drug-likeness (QED) is 0.703. The van der Waals surface area contributed by atoms with Crippen molar-refractivity contribution in [1.82, 2.24) is 14.9 Å². The third-order valence-electron chi connectivity index (χ3n) is 3.23. The van der Waals surface area contributed by atoms with Gasteiger partial charge in [0, 0.05) is 25.5 Å². The standard InChI is InChI=1S/C16H19F2N3O2S/c1-2-21-10-9-20-16(21)24-11-14(22)19-8-7-12-3-5-13(6-4-12)23-15(17)18/h3-6,9-10,15H,2,7-8,11H2,1H3,(H,19,22). The van der Waals surface area contributed by atoms with Crippen LogP contribution in [-0.4, -0.2) is 34.4 Å². The van der Waals surface area contributed by atoms with Crippen LogP contribution in [0, 0.1) is 0 Å². The largest absolute Gasteiger partial charge is 0.435 e. The molecule has 2 rings (SSSR count). The van der Waals surface area contributed by atoms with Gasteiger partial charge in [-0.3, -0.25) is 4.79 Å². The Morgan fingerprint density at radius 3 is 2.79 bits per heavy atom. The van der Waals surface area contributed by atoms with E-state index in [9.17, 15) is 13.6 Å². The number of amides is 1. The summed E-state index contributed by atoms with van der Waals surface area (Å²) in [5.41, 5.74) is 0.936. The topological polar surface area (TPSA) is 56.2 Å². The van der Waals surface area contributed by atoms with Crippen LogP contribution in [0.5, 0.6) is 5.75 Å². The highest BCUT2D eigenvalue weighted by Crippen LogP contribution is 2.16. The maximum Gasteiger partial charge on any atom is 0.387 e. The highest BCUT2D eigenvalue weighted by Gasteiger charge is 2.07. The molecular formula is C16H19F2N3O2S. The number of hydrogen-bond donors (Lipinski definition) is 1. The molecule has 24 heavy (non-hydrogen) atoms. The van der Waals surface area contributed by atoms with Gasteiger partial charge in [0.2, 0.25) is 5.91 Å². The van der Waals surface area contributed by atoms with E-state index in [1.54, 1.807) is 18.3 Å². The van der Waals surface area contributed by atoms with Gasteiger partial charge in [-0.2, -0.15) is 8.78 Å². The first-order valence-electron chi connectivity index (χ1n) is 7.53. The average molecular weight is 355 g/mol. The molecule has 0 saturated heterocycles. The van der Waals surface area contributed by atoms with E-state index in [1.165, 1.54) is 23.9 Å². The van der Waals surface area contributed by atoms with E-state index in [0.717, 1.165) is 17.3 Å². The lowest BCUT2D eigenvalue weighted by Crippen LogP contribution is -2.27. The smallest absolute Gasteiger partial charge is 0.387 e. The fourth-order valence-corrected chi connectivity index (χ4v) is 2.89. The number of nitrogens with one attached hydrogen (secondary N) is 1. The van der Waals surface area contributed by atoms with Gasteiger partial charge in [-0.15, -0.1) is 0 Å². The summed E-state index contributed by atoms with van der Waals surface area (Å²) in [7, 11) is 0. The zero-order valence-electron chi connectivity index (χ0n) is 13.2. The zero-order valence-corrected chi connectivity index (χ0v) is 14.1. The van der Waals surface area contributed by atoms with E-state index in [4.69, 9.17) is 0 Å². The highest BCUT2D eigenvalue weighted by molar-refractivity contribution is 7.99. The second-order valence-electron chi connectivity index (χ2n) is 4.91. The molecule has 1 aromatic heterocycles. The van der Waals surface area contributed by atoms with Gasteiger partial charge in [0.15, 0.2) is 5.16 Å². The molecule has 8 heteroatoms. The van der Waals surface area contributed by atoms with Crippen molar-refractivity contribution in [2.24, 2.45) is 0 Å². The van der Waals surface area contributed by atoms with E-state index in [2.05, 4.69) is 15.0 Å². The fourth-order valence-electron chi connectivity index (χ4n) is 2.04. The van der Waals surface area contributed by atoms with Crippen LogP contribution < -0.4 is 10.1 Å². The summed E-state index contributed by atoms with van der Waals surface area (Å²) in [6.45, 7) is 0.492. The number of imidazole rings is 1. The number of carbonyl (C=O) groups excluding carboxylic acids is 1. The van der Waals surface area contributed by atoms with Crippen molar-refractivity contribution < 1.29 is 18.3 Å². The molecule has 0 unspecified atom stereocenters. The van der Waals surface area contributed by atoms with Crippen LogP contribution in [-0.2, 0) is 17.8 Å². The molecule has 0 saturated carbocycles. The van der Waals surface area contributed by atoms with Gasteiger partial charge in [0.1, 0.15) is 5.75 Å². The number of ether oxygens (including phenoxy) is 1.